The zero-order valence-corrected chi connectivity index (χ0v) is 11.3. The minimum atomic E-state index is -0.744. The molecule has 1 aromatic carbocycles. The lowest BCUT2D eigenvalue weighted by Gasteiger charge is -1.97. The summed E-state index contributed by atoms with van der Waals surface area (Å²) in [6.45, 7) is 4.15. The maximum Gasteiger partial charge on any atom is 0.303 e. The van der Waals surface area contributed by atoms with Gasteiger partial charge in [0, 0.05) is 12.2 Å². The number of rotatable bonds is 5. The molecular formula is C13H16N2O2S. The number of H-pyrrole nitrogens is 1. The van der Waals surface area contributed by atoms with E-state index >= 15 is 0 Å². The van der Waals surface area contributed by atoms with Gasteiger partial charge >= 0.3 is 5.97 Å². The van der Waals surface area contributed by atoms with Crippen LogP contribution in [0.25, 0.3) is 11.0 Å². The van der Waals surface area contributed by atoms with Crippen molar-refractivity contribution in [2.45, 2.75) is 31.8 Å². The number of aliphatic carboxylic acids is 1. The molecule has 0 spiro atoms. The SMILES string of the molecule is Cc1cc2nc(SCCCC(=O)O)[nH]c2cc1C. The van der Waals surface area contributed by atoms with Gasteiger partial charge in [0.15, 0.2) is 5.16 Å². The van der Waals surface area contributed by atoms with Gasteiger partial charge in [-0.2, -0.15) is 0 Å². The number of fused-ring (bicyclic) bond motifs is 1. The topological polar surface area (TPSA) is 66.0 Å². The molecule has 5 heteroatoms. The van der Waals surface area contributed by atoms with Gasteiger partial charge in [-0.15, -0.1) is 0 Å². The molecule has 0 atom stereocenters. The van der Waals surface area contributed by atoms with E-state index in [4.69, 9.17) is 5.11 Å². The second kappa shape index (κ2) is 5.44. The Labute approximate surface area is 110 Å². The number of nitrogens with one attached hydrogen (secondary N) is 1. The van der Waals surface area contributed by atoms with Gasteiger partial charge in [-0.1, -0.05) is 11.8 Å². The zero-order valence-electron chi connectivity index (χ0n) is 10.5. The average Bonchev–Trinajstić information content (AvgIpc) is 2.67. The molecule has 0 amide bonds. The second-order valence-corrected chi connectivity index (χ2v) is 5.42. The number of benzene rings is 1. The summed E-state index contributed by atoms with van der Waals surface area (Å²) < 4.78 is 0. The molecule has 0 unspecified atom stereocenters. The number of carbonyl (C=O) groups is 1. The Balaban J connectivity index is 2.04. The molecule has 0 bridgehead atoms. The lowest BCUT2D eigenvalue weighted by atomic mass is 10.1. The van der Waals surface area contributed by atoms with Gasteiger partial charge < -0.3 is 10.1 Å². The predicted octanol–water partition coefficient (Wildman–Crippen LogP) is 3.14. The molecule has 4 nitrogen and oxygen atoms in total. The molecule has 0 aliphatic rings. The van der Waals surface area contributed by atoms with E-state index in [9.17, 15) is 4.79 Å². The molecule has 2 rings (SSSR count). The largest absolute Gasteiger partial charge is 0.481 e. The third kappa shape index (κ3) is 3.04. The first-order valence-electron chi connectivity index (χ1n) is 5.88. The third-order valence-electron chi connectivity index (χ3n) is 2.85. The highest BCUT2D eigenvalue weighted by atomic mass is 32.2. The summed E-state index contributed by atoms with van der Waals surface area (Å²) in [4.78, 5) is 18.1. The van der Waals surface area contributed by atoms with Crippen LogP contribution in [0.15, 0.2) is 17.3 Å². The molecule has 18 heavy (non-hydrogen) atoms. The van der Waals surface area contributed by atoms with Crippen molar-refractivity contribution in [3.63, 3.8) is 0 Å². The van der Waals surface area contributed by atoms with Crippen LogP contribution in [0.3, 0.4) is 0 Å². The minimum Gasteiger partial charge on any atom is -0.481 e. The summed E-state index contributed by atoms with van der Waals surface area (Å²) in [6, 6.07) is 4.17. The van der Waals surface area contributed by atoms with Gasteiger partial charge in [0.1, 0.15) is 0 Å². The Morgan fingerprint density at radius 3 is 2.83 bits per heavy atom. The summed E-state index contributed by atoms with van der Waals surface area (Å²) in [5.74, 6) is 0.0239. The number of thioether (sulfide) groups is 1. The quantitative estimate of drug-likeness (QED) is 0.643. The fraction of sp³-hybridized carbons (Fsp3) is 0.385. The van der Waals surface area contributed by atoms with Crippen molar-refractivity contribution >= 4 is 28.8 Å². The van der Waals surface area contributed by atoms with Crippen molar-refractivity contribution in [1.29, 1.82) is 0 Å². The molecule has 0 aliphatic carbocycles. The first-order valence-corrected chi connectivity index (χ1v) is 6.86. The van der Waals surface area contributed by atoms with E-state index in [1.54, 1.807) is 11.8 Å². The third-order valence-corrected chi connectivity index (χ3v) is 3.81. The van der Waals surface area contributed by atoms with Crippen LogP contribution in [0.5, 0.6) is 0 Å². The van der Waals surface area contributed by atoms with E-state index in [1.807, 2.05) is 0 Å². The van der Waals surface area contributed by atoms with Gasteiger partial charge in [-0.05, 0) is 43.5 Å². The predicted molar refractivity (Wildman–Crippen MR) is 73.2 cm³/mol. The maximum atomic E-state index is 10.4. The number of carboxylic acid groups (broad SMARTS) is 1. The smallest absolute Gasteiger partial charge is 0.303 e. The molecule has 96 valence electrons. The van der Waals surface area contributed by atoms with E-state index in [0.29, 0.717) is 6.42 Å². The Bertz CT molecular complexity index is 539. The van der Waals surface area contributed by atoms with Crippen molar-refractivity contribution < 1.29 is 9.90 Å². The zero-order chi connectivity index (χ0) is 13.1. The number of aryl methyl sites for hydroxylation is 2. The lowest BCUT2D eigenvalue weighted by molar-refractivity contribution is -0.137. The van der Waals surface area contributed by atoms with Crippen LogP contribution in [-0.4, -0.2) is 26.8 Å². The maximum absolute atomic E-state index is 10.4. The van der Waals surface area contributed by atoms with Crippen molar-refractivity contribution in [3.8, 4) is 0 Å². The number of hydrogen-bond donors (Lipinski definition) is 2. The Morgan fingerprint density at radius 1 is 1.39 bits per heavy atom. The Morgan fingerprint density at radius 2 is 2.11 bits per heavy atom. The number of nitrogens with zero attached hydrogens (tertiary/aromatic N) is 1. The highest BCUT2D eigenvalue weighted by Gasteiger charge is 2.05. The van der Waals surface area contributed by atoms with E-state index in [0.717, 1.165) is 21.9 Å². The fourth-order valence-corrected chi connectivity index (χ4v) is 2.53. The summed E-state index contributed by atoms with van der Waals surface area (Å²) in [5, 5.41) is 9.41. The highest BCUT2D eigenvalue weighted by Crippen LogP contribution is 2.22. The van der Waals surface area contributed by atoms with E-state index < -0.39 is 5.97 Å². The van der Waals surface area contributed by atoms with Crippen LogP contribution in [0.4, 0.5) is 0 Å². The van der Waals surface area contributed by atoms with Crippen LogP contribution < -0.4 is 0 Å². The normalized spacial score (nSPS) is 11.0. The van der Waals surface area contributed by atoms with Crippen molar-refractivity contribution in [3.05, 3.63) is 23.3 Å². The molecule has 2 aromatic rings. The molecule has 0 saturated heterocycles. The molecular weight excluding hydrogens is 248 g/mol. The molecule has 0 aliphatic heterocycles. The van der Waals surface area contributed by atoms with Gasteiger partial charge in [0.05, 0.1) is 11.0 Å². The summed E-state index contributed by atoms with van der Waals surface area (Å²) >= 11 is 1.57. The van der Waals surface area contributed by atoms with Gasteiger partial charge in [-0.3, -0.25) is 4.79 Å². The Hall–Kier alpha value is -1.49. The van der Waals surface area contributed by atoms with Gasteiger partial charge in [0.2, 0.25) is 0 Å². The van der Waals surface area contributed by atoms with Gasteiger partial charge in [-0.25, -0.2) is 4.98 Å². The summed E-state index contributed by atoms with van der Waals surface area (Å²) in [5.41, 5.74) is 4.49. The lowest BCUT2D eigenvalue weighted by Crippen LogP contribution is -1.94. The molecule has 1 aromatic heterocycles. The molecule has 2 N–H and O–H groups in total. The number of imidazole rings is 1. The number of hydrogen-bond acceptors (Lipinski definition) is 3. The van der Waals surface area contributed by atoms with E-state index in [1.165, 1.54) is 11.1 Å². The molecule has 1 heterocycles. The minimum absolute atomic E-state index is 0.214. The number of aromatic amines is 1. The van der Waals surface area contributed by atoms with Crippen LogP contribution >= 0.6 is 11.8 Å². The van der Waals surface area contributed by atoms with Gasteiger partial charge in [0.25, 0.3) is 0 Å². The standard InChI is InChI=1S/C13H16N2O2S/c1-8-6-10-11(7-9(8)2)15-13(14-10)18-5-3-4-12(16)17/h6-7H,3-5H2,1-2H3,(H,14,15)(H,16,17). The molecule has 0 radical (unpaired) electrons. The van der Waals surface area contributed by atoms with Crippen molar-refractivity contribution in [1.82, 2.24) is 9.97 Å². The Kier molecular flexibility index (Phi) is 3.91. The first-order chi connectivity index (χ1) is 8.56. The van der Waals surface area contributed by atoms with E-state index in [2.05, 4.69) is 35.9 Å². The molecule has 0 saturated carbocycles. The molecule has 0 fully saturated rings. The van der Waals surface area contributed by atoms with Crippen molar-refractivity contribution in [2.75, 3.05) is 5.75 Å². The van der Waals surface area contributed by atoms with E-state index in [-0.39, 0.29) is 6.42 Å². The number of carboxylic acids is 1. The van der Waals surface area contributed by atoms with Crippen molar-refractivity contribution in [2.24, 2.45) is 0 Å². The highest BCUT2D eigenvalue weighted by molar-refractivity contribution is 7.99. The average molecular weight is 264 g/mol. The van der Waals surface area contributed by atoms with Crippen LogP contribution in [-0.2, 0) is 4.79 Å². The van der Waals surface area contributed by atoms with Crippen LogP contribution in [0, 0.1) is 13.8 Å². The first kappa shape index (κ1) is 13.0. The van der Waals surface area contributed by atoms with Crippen LogP contribution in [0.1, 0.15) is 24.0 Å². The number of aromatic nitrogens is 2. The fourth-order valence-electron chi connectivity index (χ4n) is 1.71. The second-order valence-electron chi connectivity index (χ2n) is 4.34. The summed E-state index contributed by atoms with van der Waals surface area (Å²) in [7, 11) is 0. The summed E-state index contributed by atoms with van der Waals surface area (Å²) in [6.07, 6.45) is 0.876. The monoisotopic (exact) mass is 264 g/mol. The van der Waals surface area contributed by atoms with Crippen LogP contribution in [0.2, 0.25) is 0 Å².